The largest absolute Gasteiger partial charge is 0.338 e. The Labute approximate surface area is 107 Å². The zero-order valence-electron chi connectivity index (χ0n) is 10.8. The van der Waals surface area contributed by atoms with Crippen LogP contribution in [0.3, 0.4) is 0 Å². The van der Waals surface area contributed by atoms with Crippen LogP contribution in [0.2, 0.25) is 0 Å². The average molecular weight is 261 g/mol. The lowest BCUT2D eigenvalue weighted by molar-refractivity contribution is -0.117. The maximum absolute atomic E-state index is 11.3. The number of rotatable bonds is 7. The number of hydrogen-bond acceptors (Lipinski definition) is 4. The Bertz CT molecular complexity index is 247. The van der Waals surface area contributed by atoms with E-state index >= 15 is 0 Å². The van der Waals surface area contributed by atoms with E-state index in [4.69, 9.17) is 5.73 Å². The van der Waals surface area contributed by atoms with Gasteiger partial charge in [0.15, 0.2) is 0 Å². The first-order valence-corrected chi connectivity index (χ1v) is 7.02. The van der Waals surface area contributed by atoms with Gasteiger partial charge in [-0.3, -0.25) is 10.1 Å². The van der Waals surface area contributed by atoms with E-state index in [0.29, 0.717) is 12.5 Å². The van der Waals surface area contributed by atoms with Gasteiger partial charge in [0.25, 0.3) is 0 Å². The molecule has 0 rings (SSSR count). The molecule has 1 unspecified atom stereocenters. The van der Waals surface area contributed by atoms with Gasteiger partial charge in [-0.15, -0.1) is 0 Å². The van der Waals surface area contributed by atoms with Crippen molar-refractivity contribution >= 4 is 23.7 Å². The summed E-state index contributed by atoms with van der Waals surface area (Å²) >= 11 is 1.44. The Hall–Kier alpha value is -0.750. The lowest BCUT2D eigenvalue weighted by Gasteiger charge is -2.09. The molecule has 1 atom stereocenters. The van der Waals surface area contributed by atoms with Crippen LogP contribution in [-0.4, -0.2) is 36.0 Å². The number of carbonyl (C=O) groups excluding carboxylic acids is 2. The molecule has 0 aliphatic heterocycles. The molecule has 0 heterocycles. The van der Waals surface area contributed by atoms with Gasteiger partial charge in [-0.1, -0.05) is 20.8 Å². The topological polar surface area (TPSA) is 84.2 Å². The number of nitrogens with one attached hydrogen (secondary N) is 2. The summed E-state index contributed by atoms with van der Waals surface area (Å²) in [6.45, 7) is 6.55. The lowest BCUT2D eigenvalue weighted by Crippen LogP contribution is -2.41. The van der Waals surface area contributed by atoms with E-state index in [-0.39, 0.29) is 17.7 Å². The van der Waals surface area contributed by atoms with Crippen molar-refractivity contribution < 1.29 is 9.59 Å². The van der Waals surface area contributed by atoms with Crippen LogP contribution in [-0.2, 0) is 4.79 Å². The molecule has 0 spiro atoms. The zero-order valence-corrected chi connectivity index (χ0v) is 11.6. The molecular formula is C11H23N3O2S. The molecular weight excluding hydrogens is 238 g/mol. The molecule has 4 N–H and O–H groups in total. The van der Waals surface area contributed by atoms with Crippen molar-refractivity contribution in [1.29, 1.82) is 0 Å². The van der Waals surface area contributed by atoms with E-state index in [0.717, 1.165) is 12.2 Å². The van der Waals surface area contributed by atoms with E-state index in [1.165, 1.54) is 11.8 Å². The predicted molar refractivity (Wildman–Crippen MR) is 72.0 cm³/mol. The summed E-state index contributed by atoms with van der Waals surface area (Å²) < 4.78 is 0. The van der Waals surface area contributed by atoms with Crippen LogP contribution in [0.25, 0.3) is 0 Å². The van der Waals surface area contributed by atoms with Crippen molar-refractivity contribution in [2.75, 3.05) is 18.1 Å². The molecule has 0 saturated heterocycles. The number of thioether (sulfide) groups is 1. The maximum atomic E-state index is 11.3. The van der Waals surface area contributed by atoms with Gasteiger partial charge >= 0.3 is 6.03 Å². The first-order valence-electron chi connectivity index (χ1n) is 5.86. The third-order valence-electron chi connectivity index (χ3n) is 2.01. The molecule has 0 aromatic carbocycles. The van der Waals surface area contributed by atoms with E-state index in [1.54, 1.807) is 0 Å². The van der Waals surface area contributed by atoms with Gasteiger partial charge in [0.2, 0.25) is 5.91 Å². The van der Waals surface area contributed by atoms with Crippen LogP contribution in [0.1, 0.15) is 27.2 Å². The predicted octanol–water partition coefficient (Wildman–Crippen LogP) is 0.939. The standard InChI is InChI=1S/C11H23N3O2S/c1-4-9(12)6-17-7-10(15)14-11(16)13-5-8(2)3/h8-9H,4-7,12H2,1-3H3,(H2,13,14,15,16). The smallest absolute Gasteiger partial charge is 0.321 e. The van der Waals surface area contributed by atoms with Crippen molar-refractivity contribution in [3.05, 3.63) is 0 Å². The second kappa shape index (κ2) is 9.30. The number of urea groups is 1. The molecule has 0 radical (unpaired) electrons. The number of carbonyl (C=O) groups is 2. The van der Waals surface area contributed by atoms with Crippen molar-refractivity contribution in [2.45, 2.75) is 33.2 Å². The highest BCUT2D eigenvalue weighted by atomic mass is 32.2. The second-order valence-corrected chi connectivity index (χ2v) is 5.37. The minimum Gasteiger partial charge on any atom is -0.338 e. The van der Waals surface area contributed by atoms with Crippen LogP contribution < -0.4 is 16.4 Å². The van der Waals surface area contributed by atoms with Gasteiger partial charge in [0.1, 0.15) is 0 Å². The third kappa shape index (κ3) is 10.1. The van der Waals surface area contributed by atoms with Crippen LogP contribution in [0.15, 0.2) is 0 Å². The molecule has 100 valence electrons. The molecule has 3 amide bonds. The Morgan fingerprint density at radius 3 is 2.53 bits per heavy atom. The van der Waals surface area contributed by atoms with Gasteiger partial charge in [-0.2, -0.15) is 11.8 Å². The molecule has 5 nitrogen and oxygen atoms in total. The fourth-order valence-corrected chi connectivity index (χ4v) is 1.84. The summed E-state index contributed by atoms with van der Waals surface area (Å²) in [5, 5.41) is 4.89. The number of imide groups is 1. The molecule has 0 fully saturated rings. The van der Waals surface area contributed by atoms with E-state index in [9.17, 15) is 9.59 Å². The molecule has 0 saturated carbocycles. The summed E-state index contributed by atoms with van der Waals surface area (Å²) in [4.78, 5) is 22.6. The molecule has 6 heteroatoms. The average Bonchev–Trinajstić information content (AvgIpc) is 2.26. The summed E-state index contributed by atoms with van der Waals surface area (Å²) in [7, 11) is 0. The summed E-state index contributed by atoms with van der Waals surface area (Å²) in [6.07, 6.45) is 0.892. The maximum Gasteiger partial charge on any atom is 0.321 e. The van der Waals surface area contributed by atoms with Crippen molar-refractivity contribution in [3.63, 3.8) is 0 Å². The molecule has 0 bridgehead atoms. The SMILES string of the molecule is CCC(N)CSCC(=O)NC(=O)NCC(C)C. The monoisotopic (exact) mass is 261 g/mol. The van der Waals surface area contributed by atoms with Crippen LogP contribution in [0.4, 0.5) is 4.79 Å². The number of hydrogen-bond donors (Lipinski definition) is 3. The normalized spacial score (nSPS) is 12.3. The first kappa shape index (κ1) is 16.2. The van der Waals surface area contributed by atoms with E-state index in [1.807, 2.05) is 20.8 Å². The summed E-state index contributed by atoms with van der Waals surface area (Å²) in [6, 6.07) is -0.313. The van der Waals surface area contributed by atoms with E-state index in [2.05, 4.69) is 10.6 Å². The van der Waals surface area contributed by atoms with Gasteiger partial charge in [0.05, 0.1) is 5.75 Å². The van der Waals surface area contributed by atoms with Crippen molar-refractivity contribution in [3.8, 4) is 0 Å². The van der Waals surface area contributed by atoms with Crippen LogP contribution in [0.5, 0.6) is 0 Å². The summed E-state index contributed by atoms with van der Waals surface area (Å²) in [5.74, 6) is 1.09. The van der Waals surface area contributed by atoms with Gasteiger partial charge in [-0.05, 0) is 12.3 Å². The highest BCUT2D eigenvalue weighted by Gasteiger charge is 2.08. The highest BCUT2D eigenvalue weighted by Crippen LogP contribution is 2.02. The number of nitrogens with two attached hydrogens (primary N) is 1. The molecule has 0 aliphatic rings. The minimum absolute atomic E-state index is 0.113. The lowest BCUT2D eigenvalue weighted by atomic mass is 10.2. The van der Waals surface area contributed by atoms with Crippen molar-refractivity contribution in [1.82, 2.24) is 10.6 Å². The minimum atomic E-state index is -0.427. The highest BCUT2D eigenvalue weighted by molar-refractivity contribution is 8.00. The van der Waals surface area contributed by atoms with E-state index < -0.39 is 6.03 Å². The van der Waals surface area contributed by atoms with Crippen LogP contribution >= 0.6 is 11.8 Å². The number of amides is 3. The Morgan fingerprint density at radius 2 is 2.00 bits per heavy atom. The molecule has 0 aliphatic carbocycles. The Morgan fingerprint density at radius 1 is 1.35 bits per heavy atom. The third-order valence-corrected chi connectivity index (χ3v) is 3.14. The fourth-order valence-electron chi connectivity index (χ4n) is 0.925. The van der Waals surface area contributed by atoms with Crippen LogP contribution in [0, 0.1) is 5.92 Å². The van der Waals surface area contributed by atoms with Gasteiger partial charge in [0, 0.05) is 18.3 Å². The summed E-state index contributed by atoms with van der Waals surface area (Å²) in [5.41, 5.74) is 5.71. The van der Waals surface area contributed by atoms with Crippen molar-refractivity contribution in [2.24, 2.45) is 11.7 Å². The zero-order chi connectivity index (χ0) is 13.3. The molecule has 0 aromatic rings. The molecule has 17 heavy (non-hydrogen) atoms. The van der Waals surface area contributed by atoms with Gasteiger partial charge < -0.3 is 11.1 Å². The Kier molecular flexibility index (Phi) is 8.89. The fraction of sp³-hybridized carbons (Fsp3) is 0.818. The quantitative estimate of drug-likeness (QED) is 0.637. The Balaban J connectivity index is 3.61. The first-order chi connectivity index (χ1) is 7.95. The molecule has 0 aromatic heterocycles. The second-order valence-electron chi connectivity index (χ2n) is 4.34. The van der Waals surface area contributed by atoms with Gasteiger partial charge in [-0.25, -0.2) is 4.79 Å².